The van der Waals surface area contributed by atoms with Crippen LogP contribution in [0.4, 0.5) is 5.82 Å². The molecule has 0 saturated heterocycles. The van der Waals surface area contributed by atoms with Crippen molar-refractivity contribution in [1.29, 1.82) is 0 Å². The fourth-order valence-electron chi connectivity index (χ4n) is 2.82. The fraction of sp³-hybridized carbons (Fsp3) is 0.353. The Hall–Kier alpha value is -2.43. The van der Waals surface area contributed by atoms with Gasteiger partial charge in [0.25, 0.3) is 5.91 Å². The molecule has 1 N–H and O–H groups in total. The van der Waals surface area contributed by atoms with Crippen molar-refractivity contribution < 1.29 is 4.79 Å². The standard InChI is InChI=1S/C17H18N4O/c22-17(20-14-5-6-14)15-9-16(19-11-18-15)21-8-7-12-3-1-2-4-13(12)10-21/h1-4,9,11,14H,5-8,10H2,(H,20,22). The monoisotopic (exact) mass is 294 g/mol. The molecular formula is C17H18N4O. The molecule has 1 aromatic heterocycles. The first-order valence-corrected chi connectivity index (χ1v) is 7.74. The van der Waals surface area contributed by atoms with Gasteiger partial charge in [0, 0.05) is 25.2 Å². The number of rotatable bonds is 3. The van der Waals surface area contributed by atoms with E-state index in [0.29, 0.717) is 11.7 Å². The lowest BCUT2D eigenvalue weighted by Gasteiger charge is -2.29. The Labute approximate surface area is 129 Å². The van der Waals surface area contributed by atoms with Crippen LogP contribution in [0.5, 0.6) is 0 Å². The molecule has 0 atom stereocenters. The Morgan fingerprint density at radius 1 is 1.18 bits per heavy atom. The highest BCUT2D eigenvalue weighted by Crippen LogP contribution is 2.23. The van der Waals surface area contributed by atoms with E-state index in [4.69, 9.17) is 0 Å². The maximum absolute atomic E-state index is 12.1. The van der Waals surface area contributed by atoms with Crippen LogP contribution in [0.3, 0.4) is 0 Å². The van der Waals surface area contributed by atoms with Crippen molar-refractivity contribution in [2.24, 2.45) is 0 Å². The van der Waals surface area contributed by atoms with E-state index >= 15 is 0 Å². The Kier molecular flexibility index (Phi) is 3.25. The van der Waals surface area contributed by atoms with Gasteiger partial charge in [0.05, 0.1) is 0 Å². The van der Waals surface area contributed by atoms with Crippen LogP contribution >= 0.6 is 0 Å². The van der Waals surface area contributed by atoms with Gasteiger partial charge >= 0.3 is 0 Å². The number of anilines is 1. The maximum Gasteiger partial charge on any atom is 0.270 e. The number of amides is 1. The summed E-state index contributed by atoms with van der Waals surface area (Å²) in [6.45, 7) is 1.74. The Bertz CT molecular complexity index is 711. The molecule has 0 radical (unpaired) electrons. The number of nitrogens with zero attached hydrogens (tertiary/aromatic N) is 3. The van der Waals surface area contributed by atoms with Crippen LogP contribution in [0, 0.1) is 0 Å². The number of fused-ring (bicyclic) bond motifs is 1. The smallest absolute Gasteiger partial charge is 0.270 e. The number of hydrogen-bond donors (Lipinski definition) is 1. The molecule has 0 spiro atoms. The summed E-state index contributed by atoms with van der Waals surface area (Å²) in [5.41, 5.74) is 3.19. The van der Waals surface area contributed by atoms with E-state index in [2.05, 4.69) is 44.5 Å². The van der Waals surface area contributed by atoms with E-state index in [9.17, 15) is 4.79 Å². The lowest BCUT2D eigenvalue weighted by atomic mass is 10.00. The third kappa shape index (κ3) is 2.66. The summed E-state index contributed by atoms with van der Waals surface area (Å²) in [7, 11) is 0. The fourth-order valence-corrected chi connectivity index (χ4v) is 2.82. The largest absolute Gasteiger partial charge is 0.352 e. The number of nitrogens with one attached hydrogen (secondary N) is 1. The van der Waals surface area contributed by atoms with Crippen molar-refractivity contribution >= 4 is 11.7 Å². The normalized spacial score (nSPS) is 17.0. The molecule has 1 amide bonds. The van der Waals surface area contributed by atoms with Gasteiger partial charge in [-0.3, -0.25) is 4.79 Å². The third-order valence-electron chi connectivity index (χ3n) is 4.25. The minimum absolute atomic E-state index is 0.0939. The van der Waals surface area contributed by atoms with Crippen LogP contribution < -0.4 is 10.2 Å². The lowest BCUT2D eigenvalue weighted by molar-refractivity contribution is 0.0946. The SMILES string of the molecule is O=C(NC1CC1)c1cc(N2CCc3ccccc3C2)ncn1. The Balaban J connectivity index is 1.54. The molecule has 1 fully saturated rings. The van der Waals surface area contributed by atoms with Gasteiger partial charge in [-0.1, -0.05) is 24.3 Å². The molecule has 0 bridgehead atoms. The second kappa shape index (κ2) is 5.40. The minimum Gasteiger partial charge on any atom is -0.352 e. The molecule has 4 rings (SSSR count). The molecule has 1 aliphatic heterocycles. The Morgan fingerprint density at radius 3 is 2.82 bits per heavy atom. The maximum atomic E-state index is 12.1. The van der Waals surface area contributed by atoms with Crippen LogP contribution in [-0.2, 0) is 13.0 Å². The predicted molar refractivity (Wildman–Crippen MR) is 83.7 cm³/mol. The van der Waals surface area contributed by atoms with Crippen molar-refractivity contribution in [3.05, 3.63) is 53.5 Å². The van der Waals surface area contributed by atoms with Gasteiger partial charge in [0.2, 0.25) is 0 Å². The molecule has 5 nitrogen and oxygen atoms in total. The summed E-state index contributed by atoms with van der Waals surface area (Å²) in [4.78, 5) is 22.8. The first-order valence-electron chi connectivity index (χ1n) is 7.74. The number of hydrogen-bond acceptors (Lipinski definition) is 4. The van der Waals surface area contributed by atoms with Crippen LogP contribution in [0.1, 0.15) is 34.5 Å². The van der Waals surface area contributed by atoms with Gasteiger partial charge in [0.1, 0.15) is 17.8 Å². The van der Waals surface area contributed by atoms with E-state index in [0.717, 1.165) is 38.2 Å². The second-order valence-electron chi connectivity index (χ2n) is 5.95. The number of benzene rings is 1. The number of aromatic nitrogens is 2. The van der Waals surface area contributed by atoms with Gasteiger partial charge in [-0.2, -0.15) is 0 Å². The topological polar surface area (TPSA) is 58.1 Å². The summed E-state index contributed by atoms with van der Waals surface area (Å²) >= 11 is 0. The van der Waals surface area contributed by atoms with Crippen molar-refractivity contribution in [2.75, 3.05) is 11.4 Å². The van der Waals surface area contributed by atoms with E-state index in [1.54, 1.807) is 6.07 Å². The van der Waals surface area contributed by atoms with Gasteiger partial charge in [-0.25, -0.2) is 9.97 Å². The summed E-state index contributed by atoms with van der Waals surface area (Å²) in [6, 6.07) is 10.6. The molecule has 2 aliphatic rings. The van der Waals surface area contributed by atoms with E-state index in [1.165, 1.54) is 17.5 Å². The van der Waals surface area contributed by atoms with Crippen LogP contribution in [-0.4, -0.2) is 28.5 Å². The summed E-state index contributed by atoms with van der Waals surface area (Å²) in [6.07, 6.45) is 4.64. The zero-order valence-corrected chi connectivity index (χ0v) is 12.3. The minimum atomic E-state index is -0.0939. The van der Waals surface area contributed by atoms with Crippen LogP contribution in [0.15, 0.2) is 36.7 Å². The molecular weight excluding hydrogens is 276 g/mol. The van der Waals surface area contributed by atoms with Crippen LogP contribution in [0.25, 0.3) is 0 Å². The third-order valence-corrected chi connectivity index (χ3v) is 4.25. The van der Waals surface area contributed by atoms with Crippen molar-refractivity contribution in [3.63, 3.8) is 0 Å². The number of carbonyl (C=O) groups is 1. The van der Waals surface area contributed by atoms with Crippen molar-refractivity contribution in [2.45, 2.75) is 31.8 Å². The summed E-state index contributed by atoms with van der Waals surface area (Å²) < 4.78 is 0. The van der Waals surface area contributed by atoms with Crippen molar-refractivity contribution in [3.8, 4) is 0 Å². The highest BCUT2D eigenvalue weighted by Gasteiger charge is 2.25. The molecule has 1 saturated carbocycles. The average Bonchev–Trinajstić information content (AvgIpc) is 3.38. The molecule has 1 aliphatic carbocycles. The van der Waals surface area contributed by atoms with E-state index in [-0.39, 0.29) is 5.91 Å². The molecule has 0 unspecified atom stereocenters. The first kappa shape index (κ1) is 13.2. The van der Waals surface area contributed by atoms with E-state index < -0.39 is 0 Å². The van der Waals surface area contributed by atoms with Crippen LogP contribution in [0.2, 0.25) is 0 Å². The van der Waals surface area contributed by atoms with Gasteiger partial charge in [-0.15, -0.1) is 0 Å². The quantitative estimate of drug-likeness (QED) is 0.940. The van der Waals surface area contributed by atoms with Crippen molar-refractivity contribution in [1.82, 2.24) is 15.3 Å². The highest BCUT2D eigenvalue weighted by molar-refractivity contribution is 5.93. The molecule has 2 heterocycles. The zero-order valence-electron chi connectivity index (χ0n) is 12.3. The highest BCUT2D eigenvalue weighted by atomic mass is 16.2. The summed E-state index contributed by atoms with van der Waals surface area (Å²) in [5.74, 6) is 0.731. The molecule has 1 aromatic carbocycles. The zero-order chi connectivity index (χ0) is 14.9. The second-order valence-corrected chi connectivity index (χ2v) is 5.95. The average molecular weight is 294 g/mol. The molecule has 5 heteroatoms. The number of carbonyl (C=O) groups excluding carboxylic acids is 1. The summed E-state index contributed by atoms with van der Waals surface area (Å²) in [5, 5.41) is 2.97. The first-order chi connectivity index (χ1) is 10.8. The lowest BCUT2D eigenvalue weighted by Crippen LogP contribution is -2.32. The molecule has 2 aromatic rings. The molecule has 22 heavy (non-hydrogen) atoms. The van der Waals surface area contributed by atoms with Gasteiger partial charge in [-0.05, 0) is 30.4 Å². The van der Waals surface area contributed by atoms with Gasteiger partial charge in [0.15, 0.2) is 0 Å². The molecule has 112 valence electrons. The van der Waals surface area contributed by atoms with E-state index in [1.807, 2.05) is 0 Å². The van der Waals surface area contributed by atoms with Gasteiger partial charge < -0.3 is 10.2 Å². The Morgan fingerprint density at radius 2 is 2.00 bits per heavy atom. The predicted octanol–water partition coefficient (Wildman–Crippen LogP) is 1.93.